The number of benzene rings is 3. The van der Waals surface area contributed by atoms with Crippen LogP contribution in [0.1, 0.15) is 11.1 Å². The fourth-order valence-electron chi connectivity index (χ4n) is 3.12. The molecule has 7 heteroatoms. The van der Waals surface area contributed by atoms with E-state index >= 15 is 0 Å². The average molecular weight is 406 g/mol. The SMILES string of the molecule is C=CCn1nnnc1NCc1c(OCc2ccc(Cl)cc2)ccc2ccccc12. The van der Waals surface area contributed by atoms with E-state index in [4.69, 9.17) is 16.3 Å². The number of nitrogens with zero attached hydrogens (tertiary/aromatic N) is 4. The van der Waals surface area contributed by atoms with Crippen molar-refractivity contribution in [2.24, 2.45) is 0 Å². The molecule has 1 aromatic heterocycles. The molecule has 0 saturated carbocycles. The number of allylic oxidation sites excluding steroid dienone is 1. The molecular formula is C22H20ClN5O. The predicted molar refractivity (Wildman–Crippen MR) is 115 cm³/mol. The molecule has 0 unspecified atom stereocenters. The maximum absolute atomic E-state index is 6.16. The quantitative estimate of drug-likeness (QED) is 0.424. The van der Waals surface area contributed by atoms with Crippen LogP contribution in [0.2, 0.25) is 5.02 Å². The molecule has 1 N–H and O–H groups in total. The van der Waals surface area contributed by atoms with Crippen molar-refractivity contribution in [3.8, 4) is 5.75 Å². The molecule has 4 rings (SSSR count). The number of halogens is 1. The van der Waals surface area contributed by atoms with E-state index < -0.39 is 0 Å². The van der Waals surface area contributed by atoms with Crippen molar-refractivity contribution in [2.45, 2.75) is 19.7 Å². The zero-order chi connectivity index (χ0) is 20.1. The van der Waals surface area contributed by atoms with Crippen LogP contribution in [-0.4, -0.2) is 20.2 Å². The van der Waals surface area contributed by atoms with Gasteiger partial charge in [0.05, 0.1) is 6.54 Å². The van der Waals surface area contributed by atoms with E-state index in [-0.39, 0.29) is 0 Å². The van der Waals surface area contributed by atoms with Gasteiger partial charge in [0.2, 0.25) is 5.95 Å². The molecule has 0 aliphatic heterocycles. The monoisotopic (exact) mass is 405 g/mol. The molecule has 0 fully saturated rings. The summed E-state index contributed by atoms with van der Waals surface area (Å²) in [4.78, 5) is 0. The highest BCUT2D eigenvalue weighted by atomic mass is 35.5. The molecule has 0 aliphatic carbocycles. The first kappa shape index (κ1) is 19.0. The van der Waals surface area contributed by atoms with Crippen LogP contribution in [0, 0.1) is 0 Å². The zero-order valence-electron chi connectivity index (χ0n) is 15.8. The van der Waals surface area contributed by atoms with E-state index in [1.165, 1.54) is 0 Å². The lowest BCUT2D eigenvalue weighted by molar-refractivity contribution is 0.304. The van der Waals surface area contributed by atoms with Gasteiger partial charge in [-0.2, -0.15) is 0 Å². The number of rotatable bonds is 8. The summed E-state index contributed by atoms with van der Waals surface area (Å²) in [7, 11) is 0. The van der Waals surface area contributed by atoms with Crippen molar-refractivity contribution in [1.82, 2.24) is 20.2 Å². The van der Waals surface area contributed by atoms with Crippen molar-refractivity contribution in [1.29, 1.82) is 0 Å². The number of ether oxygens (including phenoxy) is 1. The Hall–Kier alpha value is -3.38. The third-order valence-electron chi connectivity index (χ3n) is 4.56. The topological polar surface area (TPSA) is 64.9 Å². The molecule has 4 aromatic rings. The molecule has 146 valence electrons. The van der Waals surface area contributed by atoms with Gasteiger partial charge in [0.15, 0.2) is 0 Å². The third kappa shape index (κ3) is 4.38. The fraction of sp³-hybridized carbons (Fsp3) is 0.136. The number of nitrogens with one attached hydrogen (secondary N) is 1. The Morgan fingerprint density at radius 1 is 1.07 bits per heavy atom. The van der Waals surface area contributed by atoms with Gasteiger partial charge in [-0.3, -0.25) is 0 Å². The van der Waals surface area contributed by atoms with Gasteiger partial charge in [0.25, 0.3) is 0 Å². The maximum atomic E-state index is 6.16. The van der Waals surface area contributed by atoms with Crippen molar-refractivity contribution >= 4 is 28.3 Å². The van der Waals surface area contributed by atoms with Gasteiger partial charge < -0.3 is 10.1 Å². The Labute approximate surface area is 173 Å². The van der Waals surface area contributed by atoms with Gasteiger partial charge in [0.1, 0.15) is 12.4 Å². The van der Waals surface area contributed by atoms with Crippen LogP contribution < -0.4 is 10.1 Å². The van der Waals surface area contributed by atoms with Crippen LogP contribution in [-0.2, 0) is 19.7 Å². The Morgan fingerprint density at radius 3 is 2.72 bits per heavy atom. The third-order valence-corrected chi connectivity index (χ3v) is 4.81. The maximum Gasteiger partial charge on any atom is 0.243 e. The molecule has 29 heavy (non-hydrogen) atoms. The van der Waals surface area contributed by atoms with Gasteiger partial charge >= 0.3 is 0 Å². The molecule has 0 saturated heterocycles. The standard InChI is InChI=1S/C22H20ClN5O/c1-2-13-28-22(25-26-27-28)24-14-20-19-6-4-3-5-17(19)9-12-21(20)29-15-16-7-10-18(23)11-8-16/h2-12H,1,13-15H2,(H,24,25,27). The van der Waals surface area contributed by atoms with Crippen molar-refractivity contribution in [3.05, 3.63) is 89.5 Å². The average Bonchev–Trinajstić information content (AvgIpc) is 3.19. The minimum Gasteiger partial charge on any atom is -0.489 e. The van der Waals surface area contributed by atoms with Crippen LogP contribution in [0.15, 0.2) is 73.3 Å². The van der Waals surface area contributed by atoms with E-state index in [0.717, 1.165) is 27.6 Å². The second-order valence-electron chi connectivity index (χ2n) is 6.51. The Bertz CT molecular complexity index is 1120. The van der Waals surface area contributed by atoms with Crippen LogP contribution in [0.5, 0.6) is 5.75 Å². The molecule has 0 bridgehead atoms. The number of anilines is 1. The molecule has 1 heterocycles. The lowest BCUT2D eigenvalue weighted by atomic mass is 10.0. The molecule has 0 amide bonds. The number of fused-ring (bicyclic) bond motifs is 1. The van der Waals surface area contributed by atoms with Gasteiger partial charge in [-0.15, -0.1) is 6.58 Å². The van der Waals surface area contributed by atoms with E-state index in [9.17, 15) is 0 Å². The second-order valence-corrected chi connectivity index (χ2v) is 6.94. The Morgan fingerprint density at radius 2 is 1.90 bits per heavy atom. The summed E-state index contributed by atoms with van der Waals surface area (Å²) in [6.45, 7) is 5.25. The highest BCUT2D eigenvalue weighted by Gasteiger charge is 2.11. The first-order valence-electron chi connectivity index (χ1n) is 9.23. The smallest absolute Gasteiger partial charge is 0.243 e. The summed E-state index contributed by atoms with van der Waals surface area (Å²) in [6, 6.07) is 20.0. The van der Waals surface area contributed by atoms with Gasteiger partial charge in [-0.25, -0.2) is 4.68 Å². The van der Waals surface area contributed by atoms with Crippen molar-refractivity contribution in [3.63, 3.8) is 0 Å². The minimum atomic E-state index is 0.455. The highest BCUT2D eigenvalue weighted by Crippen LogP contribution is 2.29. The van der Waals surface area contributed by atoms with Crippen LogP contribution >= 0.6 is 11.6 Å². The normalized spacial score (nSPS) is 10.8. The van der Waals surface area contributed by atoms with E-state index in [1.54, 1.807) is 10.8 Å². The highest BCUT2D eigenvalue weighted by molar-refractivity contribution is 6.30. The molecule has 3 aromatic carbocycles. The summed E-state index contributed by atoms with van der Waals surface area (Å²) in [5.41, 5.74) is 2.10. The molecule has 0 radical (unpaired) electrons. The summed E-state index contributed by atoms with van der Waals surface area (Å²) in [5.74, 6) is 1.40. The Balaban J connectivity index is 1.60. The molecule has 6 nitrogen and oxygen atoms in total. The van der Waals surface area contributed by atoms with Crippen LogP contribution in [0.25, 0.3) is 10.8 Å². The summed E-state index contributed by atoms with van der Waals surface area (Å²) < 4.78 is 7.82. The summed E-state index contributed by atoms with van der Waals surface area (Å²) in [5, 5.41) is 18.0. The minimum absolute atomic E-state index is 0.455. The van der Waals surface area contributed by atoms with E-state index in [1.807, 2.05) is 42.5 Å². The first-order chi connectivity index (χ1) is 14.2. The number of aromatic nitrogens is 4. The lowest BCUT2D eigenvalue weighted by Crippen LogP contribution is -2.10. The largest absolute Gasteiger partial charge is 0.489 e. The van der Waals surface area contributed by atoms with Gasteiger partial charge in [-0.1, -0.05) is 65.2 Å². The lowest BCUT2D eigenvalue weighted by Gasteiger charge is -2.15. The molecule has 0 aliphatic rings. The first-order valence-corrected chi connectivity index (χ1v) is 9.61. The number of hydrogen-bond acceptors (Lipinski definition) is 5. The van der Waals surface area contributed by atoms with E-state index in [2.05, 4.69) is 45.6 Å². The van der Waals surface area contributed by atoms with Crippen LogP contribution in [0.3, 0.4) is 0 Å². The van der Waals surface area contributed by atoms with Crippen molar-refractivity contribution < 1.29 is 4.74 Å². The van der Waals surface area contributed by atoms with Gasteiger partial charge in [-0.05, 0) is 45.0 Å². The van der Waals surface area contributed by atoms with Gasteiger partial charge in [0, 0.05) is 17.1 Å². The number of hydrogen-bond donors (Lipinski definition) is 1. The molecule has 0 atom stereocenters. The Kier molecular flexibility index (Phi) is 5.72. The second kappa shape index (κ2) is 8.75. The molecular weight excluding hydrogens is 386 g/mol. The summed E-state index contributed by atoms with van der Waals surface area (Å²) in [6.07, 6.45) is 1.75. The molecule has 0 spiro atoms. The zero-order valence-corrected chi connectivity index (χ0v) is 16.5. The summed E-state index contributed by atoms with van der Waals surface area (Å²) >= 11 is 5.97. The predicted octanol–water partition coefficient (Wildman–Crippen LogP) is 4.86. The van der Waals surface area contributed by atoms with Crippen LogP contribution in [0.4, 0.5) is 5.95 Å². The van der Waals surface area contributed by atoms with E-state index in [0.29, 0.717) is 30.7 Å². The fourth-order valence-corrected chi connectivity index (χ4v) is 3.25. The number of tetrazole rings is 1. The van der Waals surface area contributed by atoms with Crippen molar-refractivity contribution in [2.75, 3.05) is 5.32 Å².